The van der Waals surface area contributed by atoms with Crippen LogP contribution in [0.3, 0.4) is 0 Å². The fourth-order valence-corrected chi connectivity index (χ4v) is 1.35. The number of ether oxygens (including phenoxy) is 1. The van der Waals surface area contributed by atoms with Gasteiger partial charge in [-0.3, -0.25) is 4.89 Å². The summed E-state index contributed by atoms with van der Waals surface area (Å²) >= 11 is 0. The van der Waals surface area contributed by atoms with Crippen molar-refractivity contribution >= 4 is 5.97 Å². The van der Waals surface area contributed by atoms with Crippen LogP contribution in [0.1, 0.15) is 52.9 Å². The molecular formula is C14H23NO4. The summed E-state index contributed by atoms with van der Waals surface area (Å²) in [6.07, 6.45) is 5.08. The molecule has 19 heavy (non-hydrogen) atoms. The van der Waals surface area contributed by atoms with Crippen molar-refractivity contribution in [2.45, 2.75) is 59.2 Å². The van der Waals surface area contributed by atoms with Crippen LogP contribution >= 0.6 is 0 Å². The van der Waals surface area contributed by atoms with E-state index in [4.69, 9.17) is 14.9 Å². The van der Waals surface area contributed by atoms with Crippen molar-refractivity contribution in [2.75, 3.05) is 6.61 Å². The smallest absolute Gasteiger partial charge is 0.349 e. The predicted octanol–water partition coefficient (Wildman–Crippen LogP) is 3.26. The molecule has 1 unspecified atom stereocenters. The molecule has 0 bridgehead atoms. The molecule has 5 heteroatoms. The molecule has 0 aromatic carbocycles. The van der Waals surface area contributed by atoms with Gasteiger partial charge in [0.05, 0.1) is 0 Å². The highest BCUT2D eigenvalue weighted by molar-refractivity contribution is 5.92. The monoisotopic (exact) mass is 269 g/mol. The van der Waals surface area contributed by atoms with Crippen LogP contribution < -0.4 is 0 Å². The van der Waals surface area contributed by atoms with Crippen LogP contribution in [0.2, 0.25) is 0 Å². The van der Waals surface area contributed by atoms with Gasteiger partial charge in [-0.25, -0.2) is 4.79 Å². The third-order valence-electron chi connectivity index (χ3n) is 2.35. The first kappa shape index (κ1) is 17.6. The third-order valence-corrected chi connectivity index (χ3v) is 2.35. The van der Waals surface area contributed by atoms with Gasteiger partial charge in [0, 0.05) is 13.0 Å². The number of carbonyl (C=O) groups is 1. The zero-order chi connectivity index (χ0) is 14.5. The summed E-state index contributed by atoms with van der Waals surface area (Å²) in [5, 5.41) is 8.86. The highest BCUT2D eigenvalue weighted by Crippen LogP contribution is 2.08. The number of rotatable bonds is 10. The third kappa shape index (κ3) is 8.36. The molecule has 0 aliphatic carbocycles. The van der Waals surface area contributed by atoms with Crippen LogP contribution in [-0.2, 0) is 19.3 Å². The first-order valence-electron chi connectivity index (χ1n) is 6.79. The van der Waals surface area contributed by atoms with E-state index >= 15 is 0 Å². The minimum Gasteiger partial charge on any atom is -0.349 e. The van der Waals surface area contributed by atoms with Crippen LogP contribution in [0.15, 0.2) is 11.6 Å². The van der Waals surface area contributed by atoms with E-state index < -0.39 is 12.3 Å². The Bertz CT molecular complexity index is 314. The molecule has 1 atom stereocenters. The van der Waals surface area contributed by atoms with E-state index in [1.54, 1.807) is 6.08 Å². The van der Waals surface area contributed by atoms with Gasteiger partial charge in [-0.1, -0.05) is 39.2 Å². The summed E-state index contributed by atoms with van der Waals surface area (Å²) in [7, 11) is 0. The Labute approximate surface area is 115 Å². The summed E-state index contributed by atoms with van der Waals surface area (Å²) in [6.45, 7) is 6.32. The maximum absolute atomic E-state index is 11.6. The molecule has 0 saturated carbocycles. The van der Waals surface area contributed by atoms with Gasteiger partial charge in [0.1, 0.15) is 11.6 Å². The standard InChI is InChI=1S/C14H23NO4/c1-4-7-8-10-12(11-15)14(16)19-18-13(9-5-2)17-6-3/h10,13H,4-9H2,1-3H3. The van der Waals surface area contributed by atoms with E-state index in [2.05, 4.69) is 4.89 Å². The predicted molar refractivity (Wildman–Crippen MR) is 70.7 cm³/mol. The van der Waals surface area contributed by atoms with Crippen LogP contribution in [0.5, 0.6) is 0 Å². The Morgan fingerprint density at radius 1 is 1.32 bits per heavy atom. The van der Waals surface area contributed by atoms with Crippen LogP contribution in [-0.4, -0.2) is 18.9 Å². The largest absolute Gasteiger partial charge is 0.383 e. The van der Waals surface area contributed by atoms with E-state index in [-0.39, 0.29) is 5.57 Å². The molecule has 0 fully saturated rings. The van der Waals surface area contributed by atoms with E-state index in [1.165, 1.54) is 0 Å². The Morgan fingerprint density at radius 2 is 2.05 bits per heavy atom. The number of allylic oxidation sites excluding steroid dienone is 1. The molecular weight excluding hydrogens is 246 g/mol. The fraction of sp³-hybridized carbons (Fsp3) is 0.714. The van der Waals surface area contributed by atoms with Gasteiger partial charge < -0.3 is 4.74 Å². The molecule has 0 rings (SSSR count). The number of unbranched alkanes of at least 4 members (excludes halogenated alkanes) is 2. The number of carbonyl (C=O) groups excluding carboxylic acids is 1. The molecule has 0 aromatic heterocycles. The molecule has 0 aliphatic heterocycles. The van der Waals surface area contributed by atoms with Crippen molar-refractivity contribution in [2.24, 2.45) is 0 Å². The van der Waals surface area contributed by atoms with Crippen molar-refractivity contribution < 1.29 is 19.3 Å². The van der Waals surface area contributed by atoms with Crippen LogP contribution in [0.4, 0.5) is 0 Å². The van der Waals surface area contributed by atoms with Crippen molar-refractivity contribution in [1.82, 2.24) is 0 Å². The maximum Gasteiger partial charge on any atom is 0.383 e. The molecule has 0 aromatic rings. The highest BCUT2D eigenvalue weighted by atomic mass is 17.2. The lowest BCUT2D eigenvalue weighted by atomic mass is 10.2. The lowest BCUT2D eigenvalue weighted by molar-refractivity contribution is -0.350. The molecule has 0 N–H and O–H groups in total. The van der Waals surface area contributed by atoms with Crippen molar-refractivity contribution in [3.8, 4) is 6.07 Å². The average molecular weight is 269 g/mol. The molecule has 0 radical (unpaired) electrons. The van der Waals surface area contributed by atoms with E-state index in [1.807, 2.05) is 26.8 Å². The van der Waals surface area contributed by atoms with Gasteiger partial charge in [0.2, 0.25) is 6.29 Å². The zero-order valence-corrected chi connectivity index (χ0v) is 12.0. The zero-order valence-electron chi connectivity index (χ0n) is 12.0. The SMILES string of the molecule is CCCCC=C(C#N)C(=O)OOC(CCC)OCC. The van der Waals surface area contributed by atoms with Crippen LogP contribution in [0.25, 0.3) is 0 Å². The molecule has 0 spiro atoms. The van der Waals surface area contributed by atoms with E-state index in [0.717, 1.165) is 19.3 Å². The molecule has 108 valence electrons. The molecule has 0 amide bonds. The highest BCUT2D eigenvalue weighted by Gasteiger charge is 2.16. The number of hydrogen-bond donors (Lipinski definition) is 0. The Morgan fingerprint density at radius 3 is 2.58 bits per heavy atom. The Kier molecular flexibility index (Phi) is 10.8. The topological polar surface area (TPSA) is 68.6 Å². The van der Waals surface area contributed by atoms with Gasteiger partial charge in [0.15, 0.2) is 0 Å². The van der Waals surface area contributed by atoms with Gasteiger partial charge in [-0.2, -0.15) is 10.1 Å². The van der Waals surface area contributed by atoms with Crippen LogP contribution in [0, 0.1) is 11.3 Å². The lowest BCUT2D eigenvalue weighted by Gasteiger charge is -2.14. The van der Waals surface area contributed by atoms with Gasteiger partial charge in [0.25, 0.3) is 0 Å². The minimum atomic E-state index is -0.764. The molecule has 0 aliphatic rings. The van der Waals surface area contributed by atoms with Gasteiger partial charge in [-0.05, 0) is 13.3 Å². The summed E-state index contributed by atoms with van der Waals surface area (Å²) in [6, 6.07) is 1.81. The summed E-state index contributed by atoms with van der Waals surface area (Å²) in [4.78, 5) is 21.1. The maximum atomic E-state index is 11.6. The molecule has 5 nitrogen and oxygen atoms in total. The summed E-state index contributed by atoms with van der Waals surface area (Å²) in [5.74, 6) is -0.764. The van der Waals surface area contributed by atoms with Gasteiger partial charge in [-0.15, -0.1) is 0 Å². The summed E-state index contributed by atoms with van der Waals surface area (Å²) in [5.41, 5.74) is -0.0276. The van der Waals surface area contributed by atoms with E-state index in [9.17, 15) is 4.79 Å². The average Bonchev–Trinajstić information content (AvgIpc) is 2.41. The fourth-order valence-electron chi connectivity index (χ4n) is 1.35. The second-order valence-electron chi connectivity index (χ2n) is 4.01. The quantitative estimate of drug-likeness (QED) is 0.152. The van der Waals surface area contributed by atoms with Crippen molar-refractivity contribution in [3.05, 3.63) is 11.6 Å². The number of hydrogen-bond acceptors (Lipinski definition) is 5. The molecule has 0 heterocycles. The second-order valence-corrected chi connectivity index (χ2v) is 4.01. The number of nitrogens with zero attached hydrogens (tertiary/aromatic N) is 1. The minimum absolute atomic E-state index is 0.0276. The Hall–Kier alpha value is -1.38. The first-order chi connectivity index (χ1) is 9.19. The van der Waals surface area contributed by atoms with E-state index in [0.29, 0.717) is 19.4 Å². The number of nitriles is 1. The first-order valence-corrected chi connectivity index (χ1v) is 6.79. The van der Waals surface area contributed by atoms with Crippen molar-refractivity contribution in [3.63, 3.8) is 0 Å². The summed E-state index contributed by atoms with van der Waals surface area (Å²) < 4.78 is 5.24. The lowest BCUT2D eigenvalue weighted by Crippen LogP contribution is -2.20. The van der Waals surface area contributed by atoms with Crippen molar-refractivity contribution in [1.29, 1.82) is 5.26 Å². The second kappa shape index (κ2) is 11.7. The molecule has 0 saturated heterocycles. The normalized spacial score (nSPS) is 12.8. The Balaban J connectivity index is 4.25. The van der Waals surface area contributed by atoms with Gasteiger partial charge >= 0.3 is 5.97 Å².